The Hall–Kier alpha value is -1.57. The number of rotatable bonds is 1. The maximum atomic E-state index is 12.4. The summed E-state index contributed by atoms with van der Waals surface area (Å²) in [7, 11) is 0. The van der Waals surface area contributed by atoms with Gasteiger partial charge in [-0.25, -0.2) is 4.79 Å². The first kappa shape index (κ1) is 13.9. The molecule has 1 amide bonds. The Morgan fingerprint density at radius 2 is 1.95 bits per heavy atom. The van der Waals surface area contributed by atoms with Gasteiger partial charge in [0.2, 0.25) is 0 Å². The molecule has 0 aromatic heterocycles. The third-order valence-electron chi connectivity index (χ3n) is 2.78. The van der Waals surface area contributed by atoms with Crippen LogP contribution in [0.2, 0.25) is 0 Å². The van der Waals surface area contributed by atoms with E-state index in [9.17, 15) is 22.8 Å². The zero-order chi connectivity index (χ0) is 14.4. The molecule has 4 nitrogen and oxygen atoms in total. The molecule has 1 aromatic rings. The molecule has 0 fully saturated rings. The van der Waals surface area contributed by atoms with Gasteiger partial charge in [0.1, 0.15) is 0 Å². The number of carboxylic acid groups (broad SMARTS) is 1. The van der Waals surface area contributed by atoms with E-state index >= 15 is 0 Å². The molecule has 0 bridgehead atoms. The van der Waals surface area contributed by atoms with Crippen LogP contribution in [0.1, 0.15) is 15.9 Å². The summed E-state index contributed by atoms with van der Waals surface area (Å²) in [6.07, 6.45) is -4.71. The standard InChI is InChI=1S/C11H7BrF3NO3/c12-7-3-5-1-2-16(10(19)11(13,14)15)8(5)4-6(7)9(17)18/h3-4H,1-2H2,(H,17,18). The highest BCUT2D eigenvalue weighted by Gasteiger charge is 2.44. The fraction of sp³-hybridized carbons (Fsp3) is 0.273. The Labute approximate surface area is 113 Å². The first-order valence-corrected chi connectivity index (χ1v) is 5.95. The minimum absolute atomic E-state index is 0.00271. The molecule has 1 aliphatic heterocycles. The van der Waals surface area contributed by atoms with Gasteiger partial charge in [-0.05, 0) is 40.0 Å². The monoisotopic (exact) mass is 337 g/mol. The summed E-state index contributed by atoms with van der Waals surface area (Å²) in [6, 6.07) is 2.51. The highest BCUT2D eigenvalue weighted by Crippen LogP contribution is 2.35. The van der Waals surface area contributed by atoms with Gasteiger partial charge < -0.3 is 10.0 Å². The Kier molecular flexibility index (Phi) is 3.29. The number of halogens is 4. The van der Waals surface area contributed by atoms with E-state index in [0.717, 1.165) is 6.07 Å². The quantitative estimate of drug-likeness (QED) is 0.856. The van der Waals surface area contributed by atoms with Crippen LogP contribution in [0.4, 0.5) is 18.9 Å². The van der Waals surface area contributed by atoms with Crippen molar-refractivity contribution < 1.29 is 27.9 Å². The van der Waals surface area contributed by atoms with Gasteiger partial charge in [0.15, 0.2) is 0 Å². The zero-order valence-corrected chi connectivity index (χ0v) is 10.9. The normalized spacial score (nSPS) is 14.4. The lowest BCUT2D eigenvalue weighted by Gasteiger charge is -2.19. The van der Waals surface area contributed by atoms with Crippen molar-refractivity contribution in [3.05, 3.63) is 27.7 Å². The number of carbonyl (C=O) groups is 2. The minimum atomic E-state index is -4.97. The molecule has 19 heavy (non-hydrogen) atoms. The number of aromatic carboxylic acids is 1. The van der Waals surface area contributed by atoms with Crippen molar-refractivity contribution in [3.8, 4) is 0 Å². The summed E-state index contributed by atoms with van der Waals surface area (Å²) in [5.74, 6) is -3.26. The fourth-order valence-corrected chi connectivity index (χ4v) is 2.50. The first-order chi connectivity index (χ1) is 8.71. The maximum absolute atomic E-state index is 12.4. The number of carboxylic acids is 1. The Morgan fingerprint density at radius 3 is 2.47 bits per heavy atom. The lowest BCUT2D eigenvalue weighted by atomic mass is 10.1. The molecule has 1 aliphatic rings. The third kappa shape index (κ3) is 2.44. The predicted octanol–water partition coefficient (Wildman–Crippen LogP) is 2.60. The second-order valence-electron chi connectivity index (χ2n) is 3.97. The van der Waals surface area contributed by atoms with E-state index in [1.54, 1.807) is 0 Å². The van der Waals surface area contributed by atoms with Crippen LogP contribution in [0.15, 0.2) is 16.6 Å². The minimum Gasteiger partial charge on any atom is -0.478 e. The van der Waals surface area contributed by atoms with E-state index in [-0.39, 0.29) is 28.7 Å². The highest BCUT2D eigenvalue weighted by atomic mass is 79.9. The summed E-state index contributed by atoms with van der Waals surface area (Å²) >= 11 is 3.04. The van der Waals surface area contributed by atoms with Crippen molar-refractivity contribution in [3.63, 3.8) is 0 Å². The molecule has 2 rings (SSSR count). The van der Waals surface area contributed by atoms with Gasteiger partial charge in [0.25, 0.3) is 0 Å². The number of benzene rings is 1. The summed E-state index contributed by atoms with van der Waals surface area (Å²) in [6.45, 7) is -0.108. The van der Waals surface area contributed by atoms with E-state index in [0.29, 0.717) is 10.5 Å². The molecule has 0 spiro atoms. The largest absolute Gasteiger partial charge is 0.478 e. The van der Waals surface area contributed by atoms with Crippen LogP contribution < -0.4 is 4.90 Å². The summed E-state index contributed by atoms with van der Waals surface area (Å²) in [5.41, 5.74) is 0.332. The molecular weight excluding hydrogens is 331 g/mol. The number of hydrogen-bond donors (Lipinski definition) is 1. The zero-order valence-electron chi connectivity index (χ0n) is 9.29. The third-order valence-corrected chi connectivity index (χ3v) is 3.44. The lowest BCUT2D eigenvalue weighted by Crippen LogP contribution is -2.40. The molecule has 8 heteroatoms. The molecule has 0 radical (unpaired) electrons. The van der Waals surface area contributed by atoms with Crippen LogP contribution in [0.25, 0.3) is 0 Å². The molecule has 0 atom stereocenters. The number of nitrogens with zero attached hydrogens (tertiary/aromatic N) is 1. The number of amides is 1. The average Bonchev–Trinajstić information content (AvgIpc) is 2.67. The Morgan fingerprint density at radius 1 is 1.32 bits per heavy atom. The number of hydrogen-bond acceptors (Lipinski definition) is 2. The van der Waals surface area contributed by atoms with Gasteiger partial charge in [0.05, 0.1) is 5.56 Å². The number of carbonyl (C=O) groups excluding carboxylic acids is 1. The summed E-state index contributed by atoms with van der Waals surface area (Å²) < 4.78 is 37.5. The number of alkyl halides is 3. The molecule has 102 valence electrons. The fourth-order valence-electron chi connectivity index (χ4n) is 1.94. The van der Waals surface area contributed by atoms with Gasteiger partial charge in [0, 0.05) is 16.7 Å². The SMILES string of the molecule is O=C(O)c1cc2c(cc1Br)CCN2C(=O)C(F)(F)F. The van der Waals surface area contributed by atoms with Gasteiger partial charge in [-0.2, -0.15) is 13.2 Å². The van der Waals surface area contributed by atoms with Crippen molar-refractivity contribution in [2.24, 2.45) is 0 Å². The number of fused-ring (bicyclic) bond motifs is 1. The predicted molar refractivity (Wildman–Crippen MR) is 63.2 cm³/mol. The van der Waals surface area contributed by atoms with E-state index < -0.39 is 18.1 Å². The molecule has 0 unspecified atom stereocenters. The topological polar surface area (TPSA) is 57.6 Å². The van der Waals surface area contributed by atoms with Crippen molar-refractivity contribution in [2.45, 2.75) is 12.6 Å². The Bertz CT molecular complexity index is 571. The van der Waals surface area contributed by atoms with Crippen molar-refractivity contribution in [1.29, 1.82) is 0 Å². The molecule has 0 saturated heterocycles. The van der Waals surface area contributed by atoms with Gasteiger partial charge in [-0.1, -0.05) is 0 Å². The Balaban J connectivity index is 2.47. The van der Waals surface area contributed by atoms with Gasteiger partial charge in [-0.3, -0.25) is 4.79 Å². The summed E-state index contributed by atoms with van der Waals surface area (Å²) in [4.78, 5) is 22.7. The van der Waals surface area contributed by atoms with Gasteiger partial charge >= 0.3 is 18.1 Å². The molecule has 0 saturated carbocycles. The van der Waals surface area contributed by atoms with Gasteiger partial charge in [-0.15, -0.1) is 0 Å². The maximum Gasteiger partial charge on any atom is 0.471 e. The second kappa shape index (κ2) is 4.52. The molecule has 0 aliphatic carbocycles. The highest BCUT2D eigenvalue weighted by molar-refractivity contribution is 9.10. The van der Waals surface area contributed by atoms with E-state index in [1.807, 2.05) is 0 Å². The van der Waals surface area contributed by atoms with E-state index in [4.69, 9.17) is 5.11 Å². The van der Waals surface area contributed by atoms with Crippen LogP contribution in [0.3, 0.4) is 0 Å². The van der Waals surface area contributed by atoms with Crippen LogP contribution in [-0.4, -0.2) is 29.7 Å². The van der Waals surface area contributed by atoms with Crippen LogP contribution in [-0.2, 0) is 11.2 Å². The van der Waals surface area contributed by atoms with E-state index in [1.165, 1.54) is 6.07 Å². The second-order valence-corrected chi connectivity index (χ2v) is 4.82. The van der Waals surface area contributed by atoms with Crippen molar-refractivity contribution in [1.82, 2.24) is 0 Å². The van der Waals surface area contributed by atoms with Crippen molar-refractivity contribution in [2.75, 3.05) is 11.4 Å². The van der Waals surface area contributed by atoms with E-state index in [2.05, 4.69) is 15.9 Å². The average molecular weight is 338 g/mol. The van der Waals surface area contributed by atoms with Crippen molar-refractivity contribution >= 4 is 33.5 Å². The molecular formula is C11H7BrF3NO3. The van der Waals surface area contributed by atoms with Crippen LogP contribution in [0, 0.1) is 0 Å². The van der Waals surface area contributed by atoms with Crippen LogP contribution >= 0.6 is 15.9 Å². The lowest BCUT2D eigenvalue weighted by molar-refractivity contribution is -0.170. The molecule has 1 heterocycles. The summed E-state index contributed by atoms with van der Waals surface area (Å²) in [5, 5.41) is 8.93. The molecule has 1 aromatic carbocycles. The smallest absolute Gasteiger partial charge is 0.471 e. The van der Waals surface area contributed by atoms with Crippen LogP contribution in [0.5, 0.6) is 0 Å². The first-order valence-electron chi connectivity index (χ1n) is 5.16. The molecule has 1 N–H and O–H groups in total. The number of anilines is 1.